The number of aliphatic hydroxyl groups is 1. The van der Waals surface area contributed by atoms with Gasteiger partial charge in [0.1, 0.15) is 18.4 Å². The first kappa shape index (κ1) is 13.2. The molecule has 1 N–H and O–H groups in total. The lowest BCUT2D eigenvalue weighted by Gasteiger charge is -2.11. The van der Waals surface area contributed by atoms with Crippen LogP contribution >= 0.6 is 11.3 Å². The lowest BCUT2D eigenvalue weighted by molar-refractivity contribution is -0.0782. The average molecular weight is 290 g/mol. The number of hydroxylamine groups is 2. The van der Waals surface area contributed by atoms with Crippen molar-refractivity contribution >= 4 is 17.2 Å². The van der Waals surface area contributed by atoms with Crippen molar-refractivity contribution < 1.29 is 14.7 Å². The highest BCUT2D eigenvalue weighted by Crippen LogP contribution is 2.17. The maximum atomic E-state index is 12.1. The highest BCUT2D eigenvalue weighted by molar-refractivity contribution is 7.09. The summed E-state index contributed by atoms with van der Waals surface area (Å²) in [5.41, 5.74) is 1.53. The van der Waals surface area contributed by atoms with E-state index in [0.717, 1.165) is 10.6 Å². The fraction of sp³-hybridized carbons (Fsp3) is 0.286. The number of thiazole rings is 1. The molecular weight excluding hydrogens is 276 g/mol. The van der Waals surface area contributed by atoms with Crippen LogP contribution < -0.4 is 0 Å². The number of aromatic nitrogens is 1. The summed E-state index contributed by atoms with van der Waals surface area (Å²) in [4.78, 5) is 21.5. The smallest absolute Gasteiger partial charge is 0.296 e. The van der Waals surface area contributed by atoms with E-state index in [4.69, 9.17) is 4.84 Å². The van der Waals surface area contributed by atoms with Gasteiger partial charge in [-0.3, -0.25) is 9.63 Å². The minimum Gasteiger partial charge on any atom is -0.389 e. The van der Waals surface area contributed by atoms with Gasteiger partial charge in [-0.05, 0) is 5.56 Å². The van der Waals surface area contributed by atoms with Gasteiger partial charge in [-0.2, -0.15) is 0 Å². The Bertz CT molecular complexity index is 599. The Morgan fingerprint density at radius 3 is 2.95 bits per heavy atom. The largest absolute Gasteiger partial charge is 0.389 e. The van der Waals surface area contributed by atoms with Crippen LogP contribution in [0, 0.1) is 0 Å². The second kappa shape index (κ2) is 5.70. The maximum Gasteiger partial charge on any atom is 0.296 e. The number of nitrogens with zero attached hydrogens (tertiary/aromatic N) is 2. The van der Waals surface area contributed by atoms with Crippen molar-refractivity contribution in [3.8, 4) is 0 Å². The lowest BCUT2D eigenvalue weighted by Crippen LogP contribution is -2.28. The first-order valence-electron chi connectivity index (χ1n) is 6.33. The molecule has 1 fully saturated rings. The SMILES string of the molecule is O=C(c1csc(Cc2ccccc2)n1)N1C[C@H](O)CO1. The Labute approximate surface area is 120 Å². The Hall–Kier alpha value is -1.76. The molecule has 1 aliphatic rings. The van der Waals surface area contributed by atoms with Crippen molar-refractivity contribution in [2.24, 2.45) is 0 Å². The molecule has 3 rings (SSSR count). The summed E-state index contributed by atoms with van der Waals surface area (Å²) in [5, 5.41) is 13.2. The van der Waals surface area contributed by atoms with E-state index >= 15 is 0 Å². The van der Waals surface area contributed by atoms with Gasteiger partial charge in [-0.25, -0.2) is 10.0 Å². The Morgan fingerprint density at radius 1 is 1.45 bits per heavy atom. The quantitative estimate of drug-likeness (QED) is 0.930. The number of carbonyl (C=O) groups is 1. The van der Waals surface area contributed by atoms with Crippen LogP contribution in [0.15, 0.2) is 35.7 Å². The van der Waals surface area contributed by atoms with Crippen LogP contribution in [0.2, 0.25) is 0 Å². The van der Waals surface area contributed by atoms with Gasteiger partial charge >= 0.3 is 0 Å². The molecule has 1 amide bonds. The molecule has 0 saturated carbocycles. The molecule has 1 aliphatic heterocycles. The number of carbonyl (C=O) groups excluding carboxylic acids is 1. The van der Waals surface area contributed by atoms with Crippen LogP contribution in [0.1, 0.15) is 21.1 Å². The van der Waals surface area contributed by atoms with Crippen LogP contribution in [-0.4, -0.2) is 40.3 Å². The molecule has 6 heteroatoms. The summed E-state index contributed by atoms with van der Waals surface area (Å²) in [6, 6.07) is 9.99. The van der Waals surface area contributed by atoms with Crippen LogP contribution in [0.4, 0.5) is 0 Å². The zero-order valence-corrected chi connectivity index (χ0v) is 11.5. The molecule has 0 radical (unpaired) electrons. The van der Waals surface area contributed by atoms with Crippen molar-refractivity contribution in [3.63, 3.8) is 0 Å². The molecular formula is C14H14N2O3S. The molecule has 2 heterocycles. The summed E-state index contributed by atoms with van der Waals surface area (Å²) < 4.78 is 0. The van der Waals surface area contributed by atoms with Gasteiger partial charge in [0.15, 0.2) is 0 Å². The molecule has 1 aromatic heterocycles. The number of hydrogen-bond acceptors (Lipinski definition) is 5. The second-order valence-electron chi connectivity index (χ2n) is 4.60. The van der Waals surface area contributed by atoms with E-state index in [-0.39, 0.29) is 19.1 Å². The number of hydrogen-bond donors (Lipinski definition) is 1. The van der Waals surface area contributed by atoms with E-state index in [2.05, 4.69) is 4.98 Å². The molecule has 0 aliphatic carbocycles. The molecule has 1 saturated heterocycles. The summed E-state index contributed by atoms with van der Waals surface area (Å²) >= 11 is 1.46. The molecule has 104 valence electrons. The fourth-order valence-electron chi connectivity index (χ4n) is 2.00. The normalized spacial score (nSPS) is 18.4. The van der Waals surface area contributed by atoms with Crippen molar-refractivity contribution in [1.29, 1.82) is 0 Å². The van der Waals surface area contributed by atoms with E-state index in [1.165, 1.54) is 16.4 Å². The van der Waals surface area contributed by atoms with Gasteiger partial charge in [0.2, 0.25) is 0 Å². The number of amides is 1. The maximum absolute atomic E-state index is 12.1. The fourth-order valence-corrected chi connectivity index (χ4v) is 2.81. The molecule has 0 unspecified atom stereocenters. The third-order valence-electron chi connectivity index (χ3n) is 2.99. The van der Waals surface area contributed by atoms with Gasteiger partial charge in [0.25, 0.3) is 5.91 Å². The van der Waals surface area contributed by atoms with E-state index in [0.29, 0.717) is 12.1 Å². The molecule has 2 aromatic rings. The van der Waals surface area contributed by atoms with Gasteiger partial charge in [-0.1, -0.05) is 30.3 Å². The molecule has 5 nitrogen and oxygen atoms in total. The summed E-state index contributed by atoms with van der Waals surface area (Å²) in [6.45, 7) is 0.358. The first-order valence-corrected chi connectivity index (χ1v) is 7.21. The number of aliphatic hydroxyl groups excluding tert-OH is 1. The monoisotopic (exact) mass is 290 g/mol. The summed E-state index contributed by atoms with van der Waals surface area (Å²) in [5.74, 6) is -0.294. The van der Waals surface area contributed by atoms with Gasteiger partial charge in [0.05, 0.1) is 11.6 Å². The topological polar surface area (TPSA) is 62.7 Å². The zero-order chi connectivity index (χ0) is 13.9. The predicted molar refractivity (Wildman–Crippen MR) is 74.4 cm³/mol. The Balaban J connectivity index is 1.69. The number of benzene rings is 1. The van der Waals surface area contributed by atoms with Gasteiger partial charge < -0.3 is 5.11 Å². The Morgan fingerprint density at radius 2 is 2.25 bits per heavy atom. The third kappa shape index (κ3) is 2.87. The van der Waals surface area contributed by atoms with Gasteiger partial charge in [0, 0.05) is 11.8 Å². The van der Waals surface area contributed by atoms with Crippen LogP contribution in [0.5, 0.6) is 0 Å². The molecule has 0 bridgehead atoms. The van der Waals surface area contributed by atoms with Crippen LogP contribution in [0.25, 0.3) is 0 Å². The van der Waals surface area contributed by atoms with E-state index in [1.807, 2.05) is 30.3 Å². The minimum atomic E-state index is -0.610. The molecule has 1 atom stereocenters. The van der Waals surface area contributed by atoms with Crippen LogP contribution in [0.3, 0.4) is 0 Å². The molecule has 1 aromatic carbocycles. The van der Waals surface area contributed by atoms with Gasteiger partial charge in [-0.15, -0.1) is 11.3 Å². The van der Waals surface area contributed by atoms with E-state index in [1.54, 1.807) is 5.38 Å². The second-order valence-corrected chi connectivity index (χ2v) is 5.55. The van der Waals surface area contributed by atoms with Crippen molar-refractivity contribution in [3.05, 3.63) is 52.0 Å². The van der Waals surface area contributed by atoms with E-state index < -0.39 is 6.10 Å². The predicted octanol–water partition coefficient (Wildman–Crippen LogP) is 1.48. The average Bonchev–Trinajstić information content (AvgIpc) is 3.08. The summed E-state index contributed by atoms with van der Waals surface area (Å²) in [7, 11) is 0. The highest BCUT2D eigenvalue weighted by Gasteiger charge is 2.28. The lowest BCUT2D eigenvalue weighted by atomic mass is 10.2. The highest BCUT2D eigenvalue weighted by atomic mass is 32.1. The van der Waals surface area contributed by atoms with Crippen LogP contribution in [-0.2, 0) is 11.3 Å². The zero-order valence-electron chi connectivity index (χ0n) is 10.7. The third-order valence-corrected chi connectivity index (χ3v) is 3.84. The standard InChI is InChI=1S/C14H14N2O3S/c17-11-7-16(19-8-11)14(18)12-9-20-13(15-12)6-10-4-2-1-3-5-10/h1-5,9,11,17H,6-8H2/t11-/m0/s1. The first-order chi connectivity index (χ1) is 9.72. The summed E-state index contributed by atoms with van der Waals surface area (Å²) in [6.07, 6.45) is 0.101. The number of β-amino-alcohol motifs (C(OH)–C–C–N with tert-alkyl or cyclic N) is 1. The van der Waals surface area contributed by atoms with Crippen molar-refractivity contribution in [1.82, 2.24) is 10.0 Å². The molecule has 0 spiro atoms. The molecule has 20 heavy (non-hydrogen) atoms. The van der Waals surface area contributed by atoms with E-state index in [9.17, 15) is 9.90 Å². The Kier molecular flexibility index (Phi) is 3.77. The van der Waals surface area contributed by atoms with Crippen molar-refractivity contribution in [2.45, 2.75) is 12.5 Å². The van der Waals surface area contributed by atoms with Crippen molar-refractivity contribution in [2.75, 3.05) is 13.2 Å². The minimum absolute atomic E-state index is 0.159. The number of rotatable bonds is 3.